The maximum Gasteiger partial charge on any atom is -0.0134 e. The van der Waals surface area contributed by atoms with Crippen LogP contribution in [0.5, 0.6) is 0 Å². The van der Waals surface area contributed by atoms with Crippen LogP contribution in [-0.2, 0) is 13.0 Å². The van der Waals surface area contributed by atoms with E-state index in [1.165, 1.54) is 15.9 Å². The van der Waals surface area contributed by atoms with Crippen LogP contribution in [0.2, 0.25) is 0 Å². The average Bonchev–Trinajstić information content (AvgIpc) is 2.66. The molecule has 0 spiro atoms. The Bertz CT molecular complexity index is 592. The number of hydrogen-bond donors (Lipinski definition) is 2. The van der Waals surface area contributed by atoms with Gasteiger partial charge in [0, 0.05) is 0 Å². The fourth-order valence-electron chi connectivity index (χ4n) is 2.18. The third kappa shape index (κ3) is 8.62. The third-order valence-electron chi connectivity index (χ3n) is 3.04. The van der Waals surface area contributed by atoms with E-state index in [2.05, 4.69) is 103 Å². The van der Waals surface area contributed by atoms with Gasteiger partial charge in [0.1, 0.15) is 0 Å². The van der Waals surface area contributed by atoms with Crippen molar-refractivity contribution >= 4 is 52.9 Å². The fourth-order valence-corrected chi connectivity index (χ4v) is 4.48. The van der Waals surface area contributed by atoms with Gasteiger partial charge < -0.3 is 0 Å². The van der Waals surface area contributed by atoms with Crippen molar-refractivity contribution in [2.45, 2.75) is 0 Å². The van der Waals surface area contributed by atoms with Gasteiger partial charge in [0.2, 0.25) is 0 Å². The first-order valence-electron chi connectivity index (χ1n) is 7.14. The molecule has 2 nitrogen and oxygen atoms in total. The summed E-state index contributed by atoms with van der Waals surface area (Å²) in [5.74, 6) is 8.00. The fraction of sp³-hybridized carbons (Fsp3) is 0. The zero-order valence-corrected chi connectivity index (χ0v) is 18.1. The maximum atomic E-state index is 4.95. The van der Waals surface area contributed by atoms with Gasteiger partial charge in [-0.3, -0.25) is 11.7 Å². The second-order valence-corrected chi connectivity index (χ2v) is 14.6. The van der Waals surface area contributed by atoms with Crippen molar-refractivity contribution in [3.63, 3.8) is 0 Å². The maximum absolute atomic E-state index is 4.95. The number of nitrogens with two attached hydrogens (primary N) is 2. The van der Waals surface area contributed by atoms with Gasteiger partial charge >= 0.3 is 42.1 Å². The normalized spacial score (nSPS) is 10.1. The quantitative estimate of drug-likeness (QED) is 0.243. The summed E-state index contributed by atoms with van der Waals surface area (Å²) in [7, 11) is 14.4. The van der Waals surface area contributed by atoms with Crippen LogP contribution in [0, 0.1) is 0 Å². The van der Waals surface area contributed by atoms with Crippen molar-refractivity contribution in [2.75, 3.05) is 0 Å². The summed E-state index contributed by atoms with van der Waals surface area (Å²) < 4.78 is 0. The van der Waals surface area contributed by atoms with Crippen molar-refractivity contribution in [3.8, 4) is 0 Å². The summed E-state index contributed by atoms with van der Waals surface area (Å²) in [5, 5.41) is 4.19. The molecule has 0 saturated carbocycles. The molecule has 0 unspecified atom stereocenters. The topological polar surface area (TPSA) is 52.0 Å². The zero-order valence-electron chi connectivity index (χ0n) is 13.2. The molecule has 3 aromatic carbocycles. The summed E-state index contributed by atoms with van der Waals surface area (Å²) in [6.07, 6.45) is 0. The van der Waals surface area contributed by atoms with Gasteiger partial charge in [-0.25, -0.2) is 0 Å². The van der Waals surface area contributed by atoms with Crippen LogP contribution in [0.4, 0.5) is 0 Å². The first kappa shape index (κ1) is 22.5. The average molecular weight is 502 g/mol. The molecule has 0 fully saturated rings. The SMILES string of the molecule is NN.[Cl][Ru]([Cl])[Cl].c1ccc(P(c2ccccc2)c2ccccc2)cc1. The van der Waals surface area contributed by atoms with Crippen LogP contribution in [0.25, 0.3) is 0 Å². The van der Waals surface area contributed by atoms with Crippen LogP contribution < -0.4 is 27.6 Å². The minimum Gasteiger partial charge on any atom is -0.0622 e. The van der Waals surface area contributed by atoms with Crippen molar-refractivity contribution in [1.29, 1.82) is 0 Å². The molecule has 0 aliphatic rings. The molecule has 3 rings (SSSR count). The van der Waals surface area contributed by atoms with Crippen LogP contribution in [0.1, 0.15) is 0 Å². The Morgan fingerprint density at radius 1 is 0.520 bits per heavy atom. The number of halogens is 3. The molecule has 0 bridgehead atoms. The van der Waals surface area contributed by atoms with Crippen molar-refractivity contribution in [3.05, 3.63) is 91.0 Å². The third-order valence-corrected chi connectivity index (χ3v) is 5.49. The Balaban J connectivity index is 0.000000461. The van der Waals surface area contributed by atoms with Gasteiger partial charge in [-0.2, -0.15) is 0 Å². The molecular weight excluding hydrogens is 483 g/mol. The summed E-state index contributed by atoms with van der Waals surface area (Å²) in [6, 6.07) is 32.3. The summed E-state index contributed by atoms with van der Waals surface area (Å²) >= 11 is -1.75. The van der Waals surface area contributed by atoms with E-state index in [4.69, 9.17) is 29.1 Å². The van der Waals surface area contributed by atoms with Gasteiger partial charge in [-0.15, -0.1) is 0 Å². The second-order valence-electron chi connectivity index (χ2n) is 4.49. The molecule has 0 atom stereocenters. The molecule has 7 heteroatoms. The number of hydrazine groups is 1. The molecule has 4 N–H and O–H groups in total. The van der Waals surface area contributed by atoms with E-state index >= 15 is 0 Å². The van der Waals surface area contributed by atoms with E-state index in [1.807, 2.05) is 0 Å². The van der Waals surface area contributed by atoms with E-state index in [0.717, 1.165) is 0 Å². The van der Waals surface area contributed by atoms with Crippen molar-refractivity contribution in [2.24, 2.45) is 11.7 Å². The van der Waals surface area contributed by atoms with Crippen LogP contribution in [0.3, 0.4) is 0 Å². The van der Waals surface area contributed by atoms with E-state index in [-0.39, 0.29) is 0 Å². The monoisotopic (exact) mass is 501 g/mol. The molecule has 0 aliphatic carbocycles. The van der Waals surface area contributed by atoms with Gasteiger partial charge in [0.05, 0.1) is 0 Å². The number of benzene rings is 3. The predicted molar refractivity (Wildman–Crippen MR) is 111 cm³/mol. The Morgan fingerprint density at radius 3 is 0.920 bits per heavy atom. The van der Waals surface area contributed by atoms with Gasteiger partial charge in [0.15, 0.2) is 0 Å². The Morgan fingerprint density at radius 2 is 0.720 bits per heavy atom. The van der Waals surface area contributed by atoms with E-state index in [0.29, 0.717) is 0 Å². The van der Waals surface area contributed by atoms with Crippen molar-refractivity contribution < 1.29 is 13.0 Å². The minimum absolute atomic E-state index is 0.446. The largest absolute Gasteiger partial charge is 0.0622 e. The second kappa shape index (κ2) is 13.7. The van der Waals surface area contributed by atoms with E-state index in [1.54, 1.807) is 0 Å². The van der Waals surface area contributed by atoms with Gasteiger partial charge in [0.25, 0.3) is 0 Å². The summed E-state index contributed by atoms with van der Waals surface area (Å²) in [6.45, 7) is 0. The molecule has 0 aliphatic heterocycles. The minimum atomic E-state index is -1.75. The molecule has 0 aromatic heterocycles. The number of rotatable bonds is 3. The van der Waals surface area contributed by atoms with E-state index in [9.17, 15) is 0 Å². The number of hydrogen-bond acceptors (Lipinski definition) is 2. The first-order chi connectivity index (χ1) is 12.2. The Labute approximate surface area is 167 Å². The molecule has 0 heterocycles. The molecule has 0 saturated heterocycles. The Kier molecular flexibility index (Phi) is 12.3. The summed E-state index contributed by atoms with van der Waals surface area (Å²) in [4.78, 5) is 0. The molecule has 3 aromatic rings. The summed E-state index contributed by atoms with van der Waals surface area (Å²) in [5.41, 5.74) is 0. The van der Waals surface area contributed by atoms with Crippen LogP contribution in [0.15, 0.2) is 91.0 Å². The molecule has 135 valence electrons. The molecule has 25 heavy (non-hydrogen) atoms. The van der Waals surface area contributed by atoms with E-state index < -0.39 is 20.9 Å². The van der Waals surface area contributed by atoms with Gasteiger partial charge in [-0.1, -0.05) is 91.0 Å². The first-order valence-corrected chi connectivity index (χ1v) is 15.2. The van der Waals surface area contributed by atoms with Crippen molar-refractivity contribution in [1.82, 2.24) is 0 Å². The standard InChI is InChI=1S/C18H15P.3ClH.H4N2.Ru/c1-4-10-16(11-5-1)19(17-12-6-2-7-13-17)18-14-8-3-9-15-18;;;;1-2;/h1-15H;3*1H;1-2H2;/q;;;;;+3/p-3. The van der Waals surface area contributed by atoms with Gasteiger partial charge in [-0.05, 0) is 23.8 Å². The molecule has 0 amide bonds. The molecule has 0 radical (unpaired) electrons. The smallest absolute Gasteiger partial charge is 0.0134 e. The molecular formula is C18H19Cl3N2PRu. The predicted octanol–water partition coefficient (Wildman–Crippen LogP) is 4.33. The Hall–Kier alpha value is -0.497. The van der Waals surface area contributed by atoms with Crippen LogP contribution >= 0.6 is 37.0 Å². The van der Waals surface area contributed by atoms with Crippen LogP contribution in [-0.4, -0.2) is 0 Å². The zero-order chi connectivity index (χ0) is 18.5.